The highest BCUT2D eigenvalue weighted by molar-refractivity contribution is 5.20. The van der Waals surface area contributed by atoms with E-state index in [0.29, 0.717) is 0 Å². The number of ether oxygens (including phenoxy) is 1. The van der Waals surface area contributed by atoms with Gasteiger partial charge in [0.2, 0.25) is 0 Å². The molecule has 0 N–H and O–H groups in total. The summed E-state index contributed by atoms with van der Waals surface area (Å²) in [6.07, 6.45) is -1.07. The molecule has 0 saturated carbocycles. The minimum Gasteiger partial charge on any atom is -0.381 e. The molecular formula is C18H18F4O. The molecular weight excluding hydrogens is 308 g/mol. The van der Waals surface area contributed by atoms with Gasteiger partial charge in [-0.1, -0.05) is 60.7 Å². The Hall–Kier alpha value is -1.88. The molecule has 0 aliphatic heterocycles. The lowest BCUT2D eigenvalue weighted by atomic mass is 10.1. The van der Waals surface area contributed by atoms with Gasteiger partial charge in [-0.3, -0.25) is 0 Å². The van der Waals surface area contributed by atoms with E-state index >= 15 is 0 Å². The average molecular weight is 326 g/mol. The molecule has 2 aromatic rings. The van der Waals surface area contributed by atoms with Gasteiger partial charge >= 0.3 is 0 Å². The van der Waals surface area contributed by atoms with Crippen molar-refractivity contribution in [2.24, 2.45) is 0 Å². The van der Waals surface area contributed by atoms with Gasteiger partial charge in [0, 0.05) is 24.0 Å². The van der Waals surface area contributed by atoms with Gasteiger partial charge in [0.25, 0.3) is 11.8 Å². The summed E-state index contributed by atoms with van der Waals surface area (Å²) in [5.74, 6) is -6.05. The van der Waals surface area contributed by atoms with Crippen molar-refractivity contribution in [3.05, 3.63) is 71.8 Å². The van der Waals surface area contributed by atoms with Gasteiger partial charge in [0.15, 0.2) is 0 Å². The van der Waals surface area contributed by atoms with Crippen LogP contribution < -0.4 is 0 Å². The van der Waals surface area contributed by atoms with Crippen LogP contribution in [0.3, 0.4) is 0 Å². The highest BCUT2D eigenvalue weighted by Gasteiger charge is 2.32. The fraction of sp³-hybridized carbons (Fsp3) is 0.333. The van der Waals surface area contributed by atoms with E-state index in [1.165, 1.54) is 48.5 Å². The fourth-order valence-electron chi connectivity index (χ4n) is 2.16. The van der Waals surface area contributed by atoms with E-state index < -0.39 is 24.7 Å². The Morgan fingerprint density at radius 1 is 0.609 bits per heavy atom. The maximum absolute atomic E-state index is 13.9. The first-order chi connectivity index (χ1) is 10.9. The quantitative estimate of drug-likeness (QED) is 0.468. The molecule has 0 amide bonds. The zero-order chi connectivity index (χ0) is 16.8. The topological polar surface area (TPSA) is 9.23 Å². The summed E-state index contributed by atoms with van der Waals surface area (Å²) in [4.78, 5) is 0. The Bertz CT molecular complexity index is 531. The third-order valence-corrected chi connectivity index (χ3v) is 3.51. The molecule has 124 valence electrons. The molecule has 0 radical (unpaired) electrons. The molecule has 0 aliphatic rings. The molecule has 0 aromatic heterocycles. The zero-order valence-corrected chi connectivity index (χ0v) is 12.5. The van der Waals surface area contributed by atoms with Crippen molar-refractivity contribution in [1.29, 1.82) is 0 Å². The molecule has 0 unspecified atom stereocenters. The number of benzene rings is 2. The third-order valence-electron chi connectivity index (χ3n) is 3.51. The Balaban J connectivity index is 1.76. The zero-order valence-electron chi connectivity index (χ0n) is 12.5. The molecule has 1 nitrogen and oxygen atoms in total. The highest BCUT2D eigenvalue weighted by atomic mass is 19.3. The maximum Gasteiger partial charge on any atom is 0.275 e. The summed E-state index contributed by atoms with van der Waals surface area (Å²) in [6, 6.07) is 14.8. The van der Waals surface area contributed by atoms with Gasteiger partial charge in [0.05, 0.1) is 13.2 Å². The lowest BCUT2D eigenvalue weighted by Gasteiger charge is -2.18. The number of rotatable bonds is 8. The predicted molar refractivity (Wildman–Crippen MR) is 80.7 cm³/mol. The van der Waals surface area contributed by atoms with Crippen molar-refractivity contribution in [2.45, 2.75) is 24.7 Å². The van der Waals surface area contributed by atoms with Crippen LogP contribution in [0.15, 0.2) is 60.7 Å². The molecule has 0 spiro atoms. The van der Waals surface area contributed by atoms with Gasteiger partial charge in [-0.25, -0.2) is 17.6 Å². The van der Waals surface area contributed by atoms with E-state index in [0.717, 1.165) is 0 Å². The molecule has 23 heavy (non-hydrogen) atoms. The Labute approximate surface area is 132 Å². The van der Waals surface area contributed by atoms with Crippen LogP contribution in [0.2, 0.25) is 0 Å². The molecule has 0 saturated heterocycles. The maximum atomic E-state index is 13.9. The second-order valence-corrected chi connectivity index (χ2v) is 5.25. The van der Waals surface area contributed by atoms with Crippen LogP contribution in [0.5, 0.6) is 0 Å². The normalized spacial score (nSPS) is 12.3. The fourth-order valence-corrected chi connectivity index (χ4v) is 2.16. The van der Waals surface area contributed by atoms with E-state index in [2.05, 4.69) is 0 Å². The van der Waals surface area contributed by atoms with Crippen molar-refractivity contribution in [3.63, 3.8) is 0 Å². The van der Waals surface area contributed by atoms with Crippen LogP contribution in [-0.4, -0.2) is 13.2 Å². The summed E-state index contributed by atoms with van der Waals surface area (Å²) in [5.41, 5.74) is -0.198. The molecule has 0 fully saturated rings. The first-order valence-corrected chi connectivity index (χ1v) is 7.36. The standard InChI is InChI=1S/C18H18F4O/c19-17(20,15-7-3-1-4-8-15)11-13-23-14-12-18(21,22)16-9-5-2-6-10-16/h1-10H,11-14H2. The summed E-state index contributed by atoms with van der Waals surface area (Å²) in [7, 11) is 0. The van der Waals surface area contributed by atoms with Gasteiger partial charge in [-0.05, 0) is 0 Å². The second-order valence-electron chi connectivity index (χ2n) is 5.25. The van der Waals surface area contributed by atoms with Crippen molar-refractivity contribution in [3.8, 4) is 0 Å². The van der Waals surface area contributed by atoms with Gasteiger partial charge < -0.3 is 4.74 Å². The number of halogens is 4. The third kappa shape index (κ3) is 5.06. The lowest BCUT2D eigenvalue weighted by molar-refractivity contribution is -0.0604. The smallest absolute Gasteiger partial charge is 0.275 e. The molecule has 2 aromatic carbocycles. The Morgan fingerprint density at radius 3 is 1.30 bits per heavy atom. The molecule has 5 heteroatoms. The first kappa shape index (κ1) is 17.5. The summed E-state index contributed by atoms with van der Waals surface area (Å²) in [5, 5.41) is 0. The molecule has 0 bridgehead atoms. The minimum atomic E-state index is -3.02. The van der Waals surface area contributed by atoms with Crippen LogP contribution >= 0.6 is 0 Å². The van der Waals surface area contributed by atoms with Gasteiger partial charge in [-0.2, -0.15) is 0 Å². The predicted octanol–water partition coefficient (Wildman–Crippen LogP) is 5.37. The van der Waals surface area contributed by atoms with Crippen LogP contribution in [0.1, 0.15) is 24.0 Å². The highest BCUT2D eigenvalue weighted by Crippen LogP contribution is 2.33. The molecule has 2 rings (SSSR count). The SMILES string of the molecule is FC(F)(CCOCCC(F)(F)c1ccccc1)c1ccccc1. The van der Waals surface area contributed by atoms with E-state index in [1.807, 2.05) is 0 Å². The summed E-state index contributed by atoms with van der Waals surface area (Å²) in [6.45, 7) is -0.542. The molecule has 0 aliphatic carbocycles. The number of alkyl halides is 4. The van der Waals surface area contributed by atoms with E-state index in [-0.39, 0.29) is 24.3 Å². The van der Waals surface area contributed by atoms with Crippen LogP contribution in [-0.2, 0) is 16.6 Å². The van der Waals surface area contributed by atoms with Gasteiger partial charge in [-0.15, -0.1) is 0 Å². The van der Waals surface area contributed by atoms with Crippen molar-refractivity contribution < 1.29 is 22.3 Å². The van der Waals surface area contributed by atoms with Crippen molar-refractivity contribution in [1.82, 2.24) is 0 Å². The van der Waals surface area contributed by atoms with Crippen LogP contribution in [0.25, 0.3) is 0 Å². The van der Waals surface area contributed by atoms with Crippen molar-refractivity contribution >= 4 is 0 Å². The summed E-state index contributed by atoms with van der Waals surface area (Å²) < 4.78 is 60.4. The minimum absolute atomic E-state index is 0.0989. The van der Waals surface area contributed by atoms with Crippen LogP contribution in [0, 0.1) is 0 Å². The van der Waals surface area contributed by atoms with Gasteiger partial charge in [0.1, 0.15) is 0 Å². The monoisotopic (exact) mass is 326 g/mol. The lowest BCUT2D eigenvalue weighted by Crippen LogP contribution is -2.19. The number of hydrogen-bond donors (Lipinski definition) is 0. The van der Waals surface area contributed by atoms with E-state index in [4.69, 9.17) is 4.74 Å². The second kappa shape index (κ2) is 7.59. The number of hydrogen-bond acceptors (Lipinski definition) is 1. The Morgan fingerprint density at radius 2 is 0.957 bits per heavy atom. The first-order valence-electron chi connectivity index (χ1n) is 7.36. The Kier molecular flexibility index (Phi) is 5.77. The van der Waals surface area contributed by atoms with Crippen molar-refractivity contribution in [2.75, 3.05) is 13.2 Å². The average Bonchev–Trinajstić information content (AvgIpc) is 2.56. The molecule has 0 atom stereocenters. The summed E-state index contributed by atoms with van der Waals surface area (Å²) >= 11 is 0. The van der Waals surface area contributed by atoms with E-state index in [9.17, 15) is 17.6 Å². The largest absolute Gasteiger partial charge is 0.381 e. The van der Waals surface area contributed by atoms with E-state index in [1.54, 1.807) is 12.1 Å². The van der Waals surface area contributed by atoms with Crippen LogP contribution in [0.4, 0.5) is 17.6 Å². The molecule has 0 heterocycles.